The fraction of sp³-hybridized carbons (Fsp3) is 0.571. The number of hydroxylamine groups is 1. The van der Waals surface area contributed by atoms with Gasteiger partial charge in [-0.1, -0.05) is 76.8 Å². The number of para-hydroxylation sites is 3. The molecule has 7 fully saturated rings. The number of nitro benzene ring substituents is 1. The number of aliphatic hydroxyl groups excluding tert-OH is 1. The van der Waals surface area contributed by atoms with E-state index in [0.717, 1.165) is 56.1 Å². The van der Waals surface area contributed by atoms with Crippen molar-refractivity contribution in [3.8, 4) is 57.5 Å². The lowest BCUT2D eigenvalue weighted by atomic mass is 9.76. The molecule has 0 aromatic heterocycles. The highest BCUT2D eigenvalue weighted by molar-refractivity contribution is 8.14. The Hall–Kier alpha value is -9.93. The van der Waals surface area contributed by atoms with Crippen molar-refractivity contribution in [2.24, 2.45) is 67.1 Å². The molecular weight excluding hydrogens is 1850 g/mol. The average Bonchev–Trinajstić information content (AvgIpc) is 1.68. The van der Waals surface area contributed by atoms with Gasteiger partial charge in [-0.3, -0.25) is 20.7 Å². The largest absolute Gasteiger partial charge is 0.586 e. The Bertz CT molecular complexity index is 5360. The van der Waals surface area contributed by atoms with Gasteiger partial charge in [-0.05, 0) is 104 Å². The molecule has 11 atom stereocenters. The minimum Gasteiger partial charge on any atom is -0.444 e. The molecule has 2 amide bonds. The molecule has 10 N–H and O–H groups in total. The summed E-state index contributed by atoms with van der Waals surface area (Å²) in [6.07, 6.45) is -15.7. The highest BCUT2D eigenvalue weighted by Gasteiger charge is 2.60. The van der Waals surface area contributed by atoms with Gasteiger partial charge >= 0.3 is 43.7 Å². The highest BCUT2D eigenvalue weighted by Crippen LogP contribution is 2.60. The molecule has 724 valence electrons. The number of carbonyl (C=O) groups excluding carboxylic acids is 2. The summed E-state index contributed by atoms with van der Waals surface area (Å²) in [4.78, 5) is 59.5. The van der Waals surface area contributed by atoms with E-state index in [1.165, 1.54) is 59.6 Å². The zero-order chi connectivity index (χ0) is 94.7. The van der Waals surface area contributed by atoms with E-state index in [0.29, 0.717) is 129 Å². The van der Waals surface area contributed by atoms with E-state index in [1.807, 2.05) is 0 Å². The van der Waals surface area contributed by atoms with Crippen LogP contribution in [0.2, 0.25) is 0 Å². The molecule has 36 nitrogen and oxygen atoms in total. The normalized spacial score (nSPS) is 29.8. The molecule has 0 bridgehead atoms. The van der Waals surface area contributed by atoms with Crippen molar-refractivity contribution < 1.29 is 158 Å². The van der Waals surface area contributed by atoms with E-state index in [-0.39, 0.29) is 124 Å². The molecule has 0 radical (unpaired) electrons. The minimum atomic E-state index is -3.97. The quantitative estimate of drug-likeness (QED) is 0.0344. The number of rotatable bonds is 7. The van der Waals surface area contributed by atoms with Crippen LogP contribution in [0.5, 0.6) is 57.5 Å². The zero-order valence-electron chi connectivity index (χ0n) is 72.2. The third-order valence-corrected chi connectivity index (χ3v) is 27.0. The summed E-state index contributed by atoms with van der Waals surface area (Å²) >= 11 is 4.12. The lowest BCUT2D eigenvalue weighted by Gasteiger charge is -2.44. The number of ether oxygens (including phenoxy) is 18. The van der Waals surface area contributed by atoms with Crippen molar-refractivity contribution in [3.63, 3.8) is 0 Å². The molecule has 21 rings (SSSR count). The highest BCUT2D eigenvalue weighted by atomic mass is 32.2. The molecule has 0 saturated carbocycles. The number of oxime groups is 1. The number of aliphatic hydroxyl groups is 1. The predicted molar refractivity (Wildman–Crippen MR) is 453 cm³/mol. The number of nitrogen functional groups attached to an aromatic ring is 1. The number of nitrogens with two attached hydrogens (primary N) is 3. The number of hydrogen-bond acceptors (Lipinski definition) is 36. The summed E-state index contributed by atoms with van der Waals surface area (Å²) in [5.74, 6) is 1.15. The van der Waals surface area contributed by atoms with Crippen molar-refractivity contribution >= 4 is 80.1 Å². The number of fused-ring (bicyclic) bond motifs is 10. The monoisotopic (exact) mass is 1940 g/mol. The molecular formula is C84H95F10N11O25S3. The first kappa shape index (κ1) is 96.2. The lowest BCUT2D eigenvalue weighted by Crippen LogP contribution is -2.52. The Morgan fingerprint density at radius 3 is 1.43 bits per heavy atom. The Kier molecular flexibility index (Phi) is 27.0. The number of nitrogens with one attached hydrogen (secondary N) is 3. The van der Waals surface area contributed by atoms with E-state index in [1.54, 1.807) is 84.0 Å². The fourth-order valence-electron chi connectivity index (χ4n) is 17.8. The smallest absolute Gasteiger partial charge is 0.444 e. The Labute approximate surface area is 765 Å². The number of halogens is 10. The number of anilines is 1. The fourth-order valence-corrected chi connectivity index (χ4v) is 21.2. The third-order valence-electron chi connectivity index (χ3n) is 24.0. The van der Waals surface area contributed by atoms with Crippen molar-refractivity contribution in [1.29, 1.82) is 0 Å². The number of aliphatic imine (C=N–C) groups is 3. The number of hydrogen-bond donors (Lipinski definition) is 7. The van der Waals surface area contributed by atoms with Crippen molar-refractivity contribution in [1.82, 2.24) is 16.1 Å². The Morgan fingerprint density at radius 2 is 0.925 bits per heavy atom. The second-order valence-corrected chi connectivity index (χ2v) is 38.2. The zero-order valence-corrected chi connectivity index (χ0v) is 74.6. The van der Waals surface area contributed by atoms with Crippen LogP contribution in [0.1, 0.15) is 108 Å². The number of alkyl halides is 10. The van der Waals surface area contributed by atoms with Crippen LogP contribution in [0, 0.1) is 45.6 Å². The van der Waals surface area contributed by atoms with Gasteiger partial charge in [0.15, 0.2) is 73.0 Å². The van der Waals surface area contributed by atoms with Gasteiger partial charge in [0.1, 0.15) is 40.0 Å². The average molecular weight is 1940 g/mol. The number of carbonyl (C=O) groups is 2. The Balaban J connectivity index is 0.000000119. The van der Waals surface area contributed by atoms with Gasteiger partial charge in [0, 0.05) is 145 Å². The van der Waals surface area contributed by atoms with Gasteiger partial charge in [-0.25, -0.2) is 24.6 Å². The van der Waals surface area contributed by atoms with Crippen LogP contribution in [0.4, 0.5) is 64.9 Å². The van der Waals surface area contributed by atoms with E-state index in [4.69, 9.17) is 84.0 Å². The molecule has 16 heterocycles. The van der Waals surface area contributed by atoms with Gasteiger partial charge < -0.3 is 117 Å². The molecule has 0 unspecified atom stereocenters. The number of benzene rings is 5. The van der Waals surface area contributed by atoms with Crippen LogP contribution in [0.25, 0.3) is 0 Å². The van der Waals surface area contributed by atoms with Crippen LogP contribution >= 0.6 is 35.3 Å². The topological polar surface area (TPSA) is 446 Å². The number of alkyl carbamates (subject to hydrolysis) is 2. The summed E-state index contributed by atoms with van der Waals surface area (Å²) in [6, 6.07) is 19.2. The molecule has 7 saturated heterocycles. The maximum absolute atomic E-state index is 13.9. The molecule has 16 aliphatic rings. The SMILES string of the molecule is C1C[C@H]2CON=C2CO1.CC(C)(C)OC(=O)NC1=N[C@@]2(c3cc(N)cc4c3OC(F)(F)O4)COCC[C@H]2CS1.CC(C)(C)OC(=O)NC1=N[C@@]2(c3cc([N+](=O)[O-])cc4c3OC(F)(F)O4)COCC[C@H]2CS1.FC1(F)Oc2cccc([C@]34COCC[C@H]3CON4)c2O1.NC1=N[C@@]2(c3cccc4c3OC(F)(F)O4)COCC[C@H]2CS1.N[C@@]1(c2cccc3c2OC(F)(F)O3)COCC[C@H]1CO. The first-order valence-corrected chi connectivity index (χ1v) is 45.2. The predicted octanol–water partition coefficient (Wildman–Crippen LogP) is 12.9. The van der Waals surface area contributed by atoms with Gasteiger partial charge in [0.2, 0.25) is 0 Å². The molecule has 0 spiro atoms. The standard InChI is InChI=1S/C19H21F2N3O7S.C19H23F2N3O5S.C14H14F2N2O3S.C13H13F2NO4.C13H15F2NO4.C6H9NO2/c1-17(2,3)31-16(25)22-15-23-18(9-28-5-4-10(18)8-32-15)12-6-11(24(26)27)7-13-14(12)30-19(20,21)29-13;1-17(2,3)29-16(25)23-15-24-18(9-26-5-4-10(18)8-30-15)12-6-11(22)7-13-14(12)28-19(20,21)27-13;15-14(16)20-10-3-1-2-9(11(10)21-14)13-7-19-5-4-8(13)6-22-12(17)18-13;14-13(15)19-10-3-1-2-9(11(10)20-13)12-7-17-5-4-8(12)6-18-16-12;14-13(15)19-10-3-1-2-9(11(10)20-13)12(16)7-18-5-4-8(12)6-17;1-2-8-4-6-5(1)3-9-7-6/h6-7,10H,4-5,8-9H2,1-3H3,(H,22,23,25);6-7,10H,4-5,8-9,22H2,1-3H3,(H,23,24,25);1-3,8H,4-7H2,(H2,17,18);1-3,8,16H,4-7H2;1-3,8,17H,4-7,16H2;5H,1-4H2/t2*10-,18-;8-,13-;2*8-,12-;5-/m000000/s1. The van der Waals surface area contributed by atoms with E-state index < -0.39 is 98.9 Å². The van der Waals surface area contributed by atoms with Gasteiger partial charge in [-0.2, -0.15) is 5.48 Å². The second kappa shape index (κ2) is 37.3. The van der Waals surface area contributed by atoms with Crippen molar-refractivity contribution in [3.05, 3.63) is 117 Å². The van der Waals surface area contributed by atoms with Gasteiger partial charge in [0.05, 0.1) is 68.5 Å². The maximum Gasteiger partial charge on any atom is 0.586 e. The van der Waals surface area contributed by atoms with E-state index in [2.05, 4.69) is 64.4 Å². The third kappa shape index (κ3) is 20.6. The van der Waals surface area contributed by atoms with Crippen LogP contribution in [-0.2, 0) is 75.3 Å². The van der Waals surface area contributed by atoms with Gasteiger partial charge in [-0.15, -0.1) is 43.9 Å². The number of amidine groups is 3. The molecule has 0 aliphatic carbocycles. The summed E-state index contributed by atoms with van der Waals surface area (Å²) in [6.45, 7) is 16.6. The summed E-state index contributed by atoms with van der Waals surface area (Å²) in [5, 5.41) is 31.0. The molecule has 16 aliphatic heterocycles. The number of amides is 2. The van der Waals surface area contributed by atoms with Crippen molar-refractivity contribution in [2.45, 2.75) is 150 Å². The molecule has 49 heteroatoms. The first-order chi connectivity index (χ1) is 62.9. The van der Waals surface area contributed by atoms with E-state index >= 15 is 0 Å². The van der Waals surface area contributed by atoms with Crippen LogP contribution < -0.4 is 80.7 Å². The summed E-state index contributed by atoms with van der Waals surface area (Å²) in [5.41, 5.74) is 17.6. The number of nitrogens with zero attached hydrogens (tertiary/aromatic N) is 5. The minimum absolute atomic E-state index is 0.0215. The number of thioether (sulfide) groups is 3. The van der Waals surface area contributed by atoms with Crippen LogP contribution in [0.15, 0.2) is 99.0 Å². The lowest BCUT2D eigenvalue weighted by molar-refractivity contribution is -0.385. The van der Waals surface area contributed by atoms with Crippen molar-refractivity contribution in [2.75, 3.05) is 122 Å². The van der Waals surface area contributed by atoms with Gasteiger partial charge in [0.25, 0.3) is 5.69 Å². The Morgan fingerprint density at radius 1 is 0.504 bits per heavy atom. The molecule has 133 heavy (non-hydrogen) atoms. The van der Waals surface area contributed by atoms with Crippen LogP contribution in [0.3, 0.4) is 0 Å². The van der Waals surface area contributed by atoms with E-state index in [9.17, 15) is 68.7 Å². The second-order valence-electron chi connectivity index (χ2n) is 35.2. The molecule has 5 aromatic carbocycles. The molecule has 5 aromatic rings. The number of nitro groups is 1. The summed E-state index contributed by atoms with van der Waals surface area (Å²) < 4.78 is 225. The summed E-state index contributed by atoms with van der Waals surface area (Å²) in [7, 11) is 0. The maximum atomic E-state index is 13.9. The number of non-ortho nitro benzene ring substituents is 1. The first-order valence-electron chi connectivity index (χ1n) is 42.2. The van der Waals surface area contributed by atoms with Crippen LogP contribution in [-0.4, -0.2) is 202 Å².